The Morgan fingerprint density at radius 1 is 1.63 bits per heavy atom. The number of hydrogen-bond acceptors (Lipinski definition) is 6. The van der Waals surface area contributed by atoms with Crippen molar-refractivity contribution in [2.75, 3.05) is 25.6 Å². The van der Waals surface area contributed by atoms with Gasteiger partial charge in [-0.3, -0.25) is 0 Å². The third kappa shape index (κ3) is 3.20. The van der Waals surface area contributed by atoms with Crippen molar-refractivity contribution in [2.24, 2.45) is 5.92 Å². The number of carbonyl (C=O) groups excluding carboxylic acids is 1. The van der Waals surface area contributed by atoms with E-state index in [0.29, 0.717) is 17.3 Å². The number of methoxy groups -OCH3 is 1. The third-order valence-corrected chi connectivity index (χ3v) is 3.40. The fourth-order valence-corrected chi connectivity index (χ4v) is 2.34. The molecule has 0 aliphatic carbocycles. The molecule has 19 heavy (non-hydrogen) atoms. The van der Waals surface area contributed by atoms with Crippen LogP contribution in [0.3, 0.4) is 0 Å². The van der Waals surface area contributed by atoms with Crippen molar-refractivity contribution in [3.05, 3.63) is 18.1 Å². The van der Waals surface area contributed by atoms with E-state index in [0.717, 1.165) is 26.0 Å². The zero-order chi connectivity index (χ0) is 13.7. The highest BCUT2D eigenvalue weighted by Gasteiger charge is 2.27. The highest BCUT2D eigenvalue weighted by molar-refractivity contribution is 5.94. The second-order valence-electron chi connectivity index (χ2n) is 4.52. The maximum Gasteiger partial charge on any atom is 0.343 e. The molecule has 0 bridgehead atoms. The number of carbonyl (C=O) groups is 1. The van der Waals surface area contributed by atoms with Crippen LogP contribution in [0.25, 0.3) is 0 Å². The minimum atomic E-state index is -0.433. The molecule has 2 heterocycles. The second kappa shape index (κ2) is 6.47. The maximum absolute atomic E-state index is 11.6. The molecule has 1 fully saturated rings. The lowest BCUT2D eigenvalue weighted by atomic mass is 10.00. The molecule has 1 aliphatic rings. The Morgan fingerprint density at radius 3 is 3.21 bits per heavy atom. The first kappa shape index (κ1) is 13.7. The van der Waals surface area contributed by atoms with Gasteiger partial charge in [0.15, 0.2) is 0 Å². The van der Waals surface area contributed by atoms with E-state index in [9.17, 15) is 4.79 Å². The van der Waals surface area contributed by atoms with Crippen molar-refractivity contribution in [1.29, 1.82) is 0 Å². The van der Waals surface area contributed by atoms with E-state index in [1.807, 2.05) is 0 Å². The largest absolute Gasteiger partial charge is 0.465 e. The molecule has 1 saturated heterocycles. The summed E-state index contributed by atoms with van der Waals surface area (Å²) in [5.41, 5.74) is 0.358. The van der Waals surface area contributed by atoms with E-state index in [1.54, 1.807) is 0 Å². The van der Waals surface area contributed by atoms with E-state index in [1.165, 1.54) is 19.6 Å². The van der Waals surface area contributed by atoms with Gasteiger partial charge in [-0.2, -0.15) is 0 Å². The molecule has 0 radical (unpaired) electrons. The number of ether oxygens (including phenoxy) is 2. The molecule has 0 amide bonds. The summed E-state index contributed by atoms with van der Waals surface area (Å²) in [7, 11) is 1.34. The molecule has 2 atom stereocenters. The summed E-state index contributed by atoms with van der Waals surface area (Å²) >= 11 is 0. The number of rotatable bonds is 5. The highest BCUT2D eigenvalue weighted by Crippen LogP contribution is 2.24. The lowest BCUT2D eigenvalue weighted by molar-refractivity contribution is 0.0601. The molecular weight excluding hydrogens is 246 g/mol. The number of nitrogens with one attached hydrogen (secondary N) is 1. The van der Waals surface area contributed by atoms with E-state index in [2.05, 4.69) is 22.2 Å². The van der Waals surface area contributed by atoms with Gasteiger partial charge >= 0.3 is 5.97 Å². The van der Waals surface area contributed by atoms with Gasteiger partial charge in [0, 0.05) is 25.3 Å². The Labute approximate surface area is 112 Å². The van der Waals surface area contributed by atoms with Crippen molar-refractivity contribution in [1.82, 2.24) is 9.97 Å². The van der Waals surface area contributed by atoms with Gasteiger partial charge in [0.05, 0.1) is 13.2 Å². The molecule has 0 saturated carbocycles. The molecule has 104 valence electrons. The molecule has 0 aromatic carbocycles. The zero-order valence-corrected chi connectivity index (χ0v) is 11.3. The molecule has 2 rings (SSSR count). The fraction of sp³-hybridized carbons (Fsp3) is 0.615. The average Bonchev–Trinajstić information content (AvgIpc) is 2.92. The Kier molecular flexibility index (Phi) is 4.68. The predicted octanol–water partition coefficient (Wildman–Crippen LogP) is 1.49. The first-order chi connectivity index (χ1) is 9.26. The van der Waals surface area contributed by atoms with Crippen LogP contribution in [-0.4, -0.2) is 42.3 Å². The van der Waals surface area contributed by atoms with Crippen LogP contribution >= 0.6 is 0 Å². The summed E-state index contributed by atoms with van der Waals surface area (Å²) in [6, 6.07) is 0. The van der Waals surface area contributed by atoms with Crippen LogP contribution in [0.2, 0.25) is 0 Å². The molecule has 2 unspecified atom stereocenters. The van der Waals surface area contributed by atoms with E-state index in [4.69, 9.17) is 9.47 Å². The molecule has 1 N–H and O–H groups in total. The smallest absolute Gasteiger partial charge is 0.343 e. The number of nitrogens with zero attached hydrogens (tertiary/aromatic N) is 2. The van der Waals surface area contributed by atoms with Crippen molar-refractivity contribution < 1.29 is 14.3 Å². The maximum atomic E-state index is 11.6. The van der Waals surface area contributed by atoms with Crippen LogP contribution in [0.15, 0.2) is 12.5 Å². The Bertz CT molecular complexity index is 439. The molecule has 1 aromatic rings. The van der Waals surface area contributed by atoms with Crippen molar-refractivity contribution in [3.8, 4) is 0 Å². The SMILES string of the molecule is CCC1OCCC1CNc1ncncc1C(=O)OC. The summed E-state index contributed by atoms with van der Waals surface area (Å²) < 4.78 is 10.3. The Hall–Kier alpha value is -1.69. The van der Waals surface area contributed by atoms with Gasteiger partial charge in [0.1, 0.15) is 17.7 Å². The molecule has 6 heteroatoms. The lowest BCUT2D eigenvalue weighted by Gasteiger charge is -2.18. The normalized spacial score (nSPS) is 22.2. The van der Waals surface area contributed by atoms with Gasteiger partial charge in [-0.15, -0.1) is 0 Å². The van der Waals surface area contributed by atoms with Crippen LogP contribution in [0.1, 0.15) is 30.1 Å². The monoisotopic (exact) mass is 265 g/mol. The summed E-state index contributed by atoms with van der Waals surface area (Å²) in [5, 5.41) is 3.20. The lowest BCUT2D eigenvalue weighted by Crippen LogP contribution is -2.24. The molecule has 6 nitrogen and oxygen atoms in total. The zero-order valence-electron chi connectivity index (χ0n) is 11.3. The predicted molar refractivity (Wildman–Crippen MR) is 70.0 cm³/mol. The topological polar surface area (TPSA) is 73.3 Å². The van der Waals surface area contributed by atoms with Crippen LogP contribution < -0.4 is 5.32 Å². The van der Waals surface area contributed by atoms with Gasteiger partial charge < -0.3 is 14.8 Å². The average molecular weight is 265 g/mol. The van der Waals surface area contributed by atoms with Crippen LogP contribution in [0.4, 0.5) is 5.82 Å². The summed E-state index contributed by atoms with van der Waals surface area (Å²) in [5.74, 6) is 0.534. The van der Waals surface area contributed by atoms with Crippen molar-refractivity contribution in [2.45, 2.75) is 25.9 Å². The number of hydrogen-bond donors (Lipinski definition) is 1. The Morgan fingerprint density at radius 2 is 2.47 bits per heavy atom. The first-order valence-electron chi connectivity index (χ1n) is 6.50. The first-order valence-corrected chi connectivity index (χ1v) is 6.50. The van der Waals surface area contributed by atoms with E-state index >= 15 is 0 Å². The fourth-order valence-electron chi connectivity index (χ4n) is 2.34. The third-order valence-electron chi connectivity index (χ3n) is 3.40. The highest BCUT2D eigenvalue weighted by atomic mass is 16.5. The standard InChI is InChI=1S/C13H19N3O3/c1-3-11-9(4-5-19-11)6-15-12-10(13(17)18-2)7-14-8-16-12/h7-9,11H,3-6H2,1-2H3,(H,14,15,16). The summed E-state index contributed by atoms with van der Waals surface area (Å²) in [4.78, 5) is 19.5. The second-order valence-corrected chi connectivity index (χ2v) is 4.52. The number of anilines is 1. The molecule has 1 aliphatic heterocycles. The van der Waals surface area contributed by atoms with Gasteiger partial charge in [0.25, 0.3) is 0 Å². The number of esters is 1. The molecule has 0 spiro atoms. The van der Waals surface area contributed by atoms with Gasteiger partial charge in [-0.1, -0.05) is 6.92 Å². The Balaban J connectivity index is 2.01. The minimum absolute atomic E-state index is 0.288. The quantitative estimate of drug-likeness (QED) is 0.813. The molecule has 1 aromatic heterocycles. The molecular formula is C13H19N3O3. The van der Waals surface area contributed by atoms with Gasteiger partial charge in [0.2, 0.25) is 0 Å². The van der Waals surface area contributed by atoms with Crippen LogP contribution in [-0.2, 0) is 9.47 Å². The van der Waals surface area contributed by atoms with Gasteiger partial charge in [-0.25, -0.2) is 14.8 Å². The van der Waals surface area contributed by atoms with Crippen molar-refractivity contribution in [3.63, 3.8) is 0 Å². The summed E-state index contributed by atoms with van der Waals surface area (Å²) in [6.45, 7) is 3.66. The minimum Gasteiger partial charge on any atom is -0.465 e. The van der Waals surface area contributed by atoms with Crippen LogP contribution in [0.5, 0.6) is 0 Å². The van der Waals surface area contributed by atoms with E-state index in [-0.39, 0.29) is 6.10 Å². The van der Waals surface area contributed by atoms with Crippen molar-refractivity contribution >= 4 is 11.8 Å². The van der Waals surface area contributed by atoms with Crippen LogP contribution in [0, 0.1) is 5.92 Å². The van der Waals surface area contributed by atoms with Gasteiger partial charge in [-0.05, 0) is 12.8 Å². The summed E-state index contributed by atoms with van der Waals surface area (Å²) in [6.07, 6.45) is 5.20. The van der Waals surface area contributed by atoms with E-state index < -0.39 is 5.97 Å². The number of aromatic nitrogens is 2.